The predicted molar refractivity (Wildman–Crippen MR) is 177 cm³/mol. The zero-order chi connectivity index (χ0) is 27.9. The Labute approximate surface area is 243 Å². The Bertz CT molecular complexity index is 2430. The fourth-order valence-electron chi connectivity index (χ4n) is 7.05. The average molecular weight is 536 g/mol. The number of fused-ring (bicyclic) bond motifs is 10. The summed E-state index contributed by atoms with van der Waals surface area (Å²) in [4.78, 5) is 0. The van der Waals surface area contributed by atoms with Crippen molar-refractivity contribution in [1.29, 1.82) is 0 Å². The van der Waals surface area contributed by atoms with Crippen molar-refractivity contribution in [2.75, 3.05) is 0 Å². The van der Waals surface area contributed by atoms with Crippen LogP contribution in [-0.2, 0) is 0 Å². The van der Waals surface area contributed by atoms with E-state index in [4.69, 9.17) is 4.42 Å². The minimum atomic E-state index is 0.916. The third kappa shape index (κ3) is 2.98. The van der Waals surface area contributed by atoms with Crippen LogP contribution in [0.3, 0.4) is 0 Å². The summed E-state index contributed by atoms with van der Waals surface area (Å²) >= 11 is 0. The van der Waals surface area contributed by atoms with Crippen molar-refractivity contribution in [1.82, 2.24) is 4.57 Å². The van der Waals surface area contributed by atoms with Gasteiger partial charge in [-0.15, -0.1) is 0 Å². The lowest BCUT2D eigenvalue weighted by Crippen LogP contribution is -1.95. The van der Waals surface area contributed by atoms with E-state index in [9.17, 15) is 0 Å². The third-order valence-electron chi connectivity index (χ3n) is 8.91. The normalized spacial score (nSPS) is 12.4. The summed E-state index contributed by atoms with van der Waals surface area (Å²) in [5, 5.41) is 4.63. The molecule has 2 aromatic heterocycles. The highest BCUT2D eigenvalue weighted by molar-refractivity contribution is 6.23. The molecule has 2 heterocycles. The highest BCUT2D eigenvalue weighted by atomic mass is 16.3. The largest absolute Gasteiger partial charge is 0.455 e. The Hall–Kier alpha value is -5.60. The lowest BCUT2D eigenvalue weighted by molar-refractivity contribution is 0.673. The SMILES string of the molecule is C=Cc1c(-c2ccc(-n3c4ccccc4c4c5oc6ccccc6c5ccc43)cc2)ccc2c1C(=C)c1ccccc1-2. The number of rotatable bonds is 3. The standard InChI is InChI=1S/C40H25NO/c1-3-27-29(20-21-32-30-11-5-4-10-28(30)24(2)38(27)32)25-16-18-26(19-17-25)41-35-14-8-6-13-34(35)39-36(41)23-22-33-31-12-7-9-15-37(31)42-40(33)39/h3-23H,1-2H2. The van der Waals surface area contributed by atoms with Gasteiger partial charge < -0.3 is 8.98 Å². The van der Waals surface area contributed by atoms with Gasteiger partial charge in [-0.2, -0.15) is 0 Å². The summed E-state index contributed by atoms with van der Waals surface area (Å²) in [5.41, 5.74) is 14.6. The van der Waals surface area contributed by atoms with Crippen LogP contribution in [0.15, 0.2) is 139 Å². The van der Waals surface area contributed by atoms with E-state index in [-0.39, 0.29) is 0 Å². The maximum Gasteiger partial charge on any atom is 0.145 e. The molecule has 2 nitrogen and oxygen atoms in total. The second-order valence-corrected chi connectivity index (χ2v) is 11.0. The second-order valence-electron chi connectivity index (χ2n) is 11.0. The van der Waals surface area contributed by atoms with Crippen LogP contribution in [0.1, 0.15) is 16.7 Å². The first-order chi connectivity index (χ1) is 20.7. The summed E-state index contributed by atoms with van der Waals surface area (Å²) in [6.45, 7) is 8.67. The summed E-state index contributed by atoms with van der Waals surface area (Å²) in [7, 11) is 0. The maximum atomic E-state index is 6.46. The molecule has 0 bridgehead atoms. The topological polar surface area (TPSA) is 18.1 Å². The van der Waals surface area contributed by atoms with E-state index in [1.807, 2.05) is 18.2 Å². The molecule has 0 amide bonds. The molecule has 196 valence electrons. The summed E-state index contributed by atoms with van der Waals surface area (Å²) in [6, 6.07) is 43.1. The lowest BCUT2D eigenvalue weighted by Gasteiger charge is -2.14. The molecule has 42 heavy (non-hydrogen) atoms. The monoisotopic (exact) mass is 535 g/mol. The minimum Gasteiger partial charge on any atom is -0.455 e. The van der Waals surface area contributed by atoms with Gasteiger partial charge in [-0.25, -0.2) is 0 Å². The number of aromatic nitrogens is 1. The Morgan fingerprint density at radius 3 is 2.12 bits per heavy atom. The number of nitrogens with zero attached hydrogens (tertiary/aromatic N) is 1. The first-order valence-electron chi connectivity index (χ1n) is 14.3. The van der Waals surface area contributed by atoms with Crippen molar-refractivity contribution in [2.45, 2.75) is 0 Å². The van der Waals surface area contributed by atoms with Gasteiger partial charge in [0, 0.05) is 21.8 Å². The fraction of sp³-hybridized carbons (Fsp3) is 0. The Balaban J connectivity index is 1.22. The zero-order valence-electron chi connectivity index (χ0n) is 22.9. The van der Waals surface area contributed by atoms with Crippen LogP contribution >= 0.6 is 0 Å². The van der Waals surface area contributed by atoms with E-state index >= 15 is 0 Å². The van der Waals surface area contributed by atoms with E-state index in [0.717, 1.165) is 66.3 Å². The molecule has 0 unspecified atom stereocenters. The first-order valence-corrected chi connectivity index (χ1v) is 14.3. The highest BCUT2D eigenvalue weighted by Crippen LogP contribution is 2.48. The quantitative estimate of drug-likeness (QED) is 0.220. The smallest absolute Gasteiger partial charge is 0.145 e. The van der Waals surface area contributed by atoms with Crippen LogP contribution in [-0.4, -0.2) is 4.57 Å². The minimum absolute atomic E-state index is 0.916. The van der Waals surface area contributed by atoms with E-state index in [1.165, 1.54) is 27.6 Å². The van der Waals surface area contributed by atoms with Gasteiger partial charge in [-0.1, -0.05) is 104 Å². The van der Waals surface area contributed by atoms with Crippen molar-refractivity contribution in [2.24, 2.45) is 0 Å². The van der Waals surface area contributed by atoms with Gasteiger partial charge in [0.25, 0.3) is 0 Å². The molecule has 2 heteroatoms. The molecule has 0 aliphatic heterocycles. The Morgan fingerprint density at radius 1 is 0.571 bits per heavy atom. The third-order valence-corrected chi connectivity index (χ3v) is 8.91. The van der Waals surface area contributed by atoms with Gasteiger partial charge in [-0.05, 0) is 80.9 Å². The summed E-state index contributed by atoms with van der Waals surface area (Å²) in [6.07, 6.45) is 1.98. The maximum absolute atomic E-state index is 6.46. The molecule has 0 saturated carbocycles. The first kappa shape index (κ1) is 23.1. The summed E-state index contributed by atoms with van der Waals surface area (Å²) < 4.78 is 8.81. The van der Waals surface area contributed by atoms with Gasteiger partial charge in [0.15, 0.2) is 0 Å². The van der Waals surface area contributed by atoms with Gasteiger partial charge in [0.1, 0.15) is 11.2 Å². The van der Waals surface area contributed by atoms with Gasteiger partial charge in [-0.3, -0.25) is 0 Å². The number of furan rings is 1. The Morgan fingerprint density at radius 2 is 1.29 bits per heavy atom. The molecule has 6 aromatic carbocycles. The van der Waals surface area contributed by atoms with E-state index < -0.39 is 0 Å². The summed E-state index contributed by atoms with van der Waals surface area (Å²) in [5.74, 6) is 0. The second kappa shape index (κ2) is 8.45. The van der Waals surface area contributed by atoms with Crippen LogP contribution in [0, 0.1) is 0 Å². The molecule has 1 aliphatic carbocycles. The molecule has 9 rings (SSSR count). The Kier molecular flexibility index (Phi) is 4.66. The van der Waals surface area contributed by atoms with Crippen molar-refractivity contribution in [3.63, 3.8) is 0 Å². The van der Waals surface area contributed by atoms with Crippen LogP contribution < -0.4 is 0 Å². The van der Waals surface area contributed by atoms with E-state index in [1.54, 1.807) is 0 Å². The molecule has 0 fully saturated rings. The predicted octanol–water partition coefficient (Wildman–Crippen LogP) is 11.0. The van der Waals surface area contributed by atoms with Crippen molar-refractivity contribution in [3.8, 4) is 27.9 Å². The molecular formula is C40H25NO. The van der Waals surface area contributed by atoms with Gasteiger partial charge >= 0.3 is 0 Å². The van der Waals surface area contributed by atoms with Crippen LogP contribution in [0.2, 0.25) is 0 Å². The van der Waals surface area contributed by atoms with Gasteiger partial charge in [0.05, 0.1) is 16.4 Å². The van der Waals surface area contributed by atoms with Crippen molar-refractivity contribution < 1.29 is 4.42 Å². The molecule has 0 N–H and O–H groups in total. The molecule has 0 spiro atoms. The molecule has 0 saturated heterocycles. The highest BCUT2D eigenvalue weighted by Gasteiger charge is 2.25. The number of para-hydroxylation sites is 2. The van der Waals surface area contributed by atoms with Crippen molar-refractivity contribution >= 4 is 55.4 Å². The fourth-order valence-corrected chi connectivity index (χ4v) is 7.05. The number of benzene rings is 6. The zero-order valence-corrected chi connectivity index (χ0v) is 22.9. The van der Waals surface area contributed by atoms with Crippen LogP contribution in [0.5, 0.6) is 0 Å². The molecule has 1 aliphatic rings. The van der Waals surface area contributed by atoms with Crippen LogP contribution in [0.4, 0.5) is 0 Å². The average Bonchev–Trinajstić information content (AvgIpc) is 3.68. The molecule has 0 atom stereocenters. The van der Waals surface area contributed by atoms with Crippen molar-refractivity contribution in [3.05, 3.63) is 151 Å². The van der Waals surface area contributed by atoms with Crippen LogP contribution in [0.25, 0.3) is 83.3 Å². The van der Waals surface area contributed by atoms with E-state index in [0.29, 0.717) is 0 Å². The molecular weight excluding hydrogens is 510 g/mol. The number of hydrogen-bond donors (Lipinski definition) is 0. The number of hydrogen-bond acceptors (Lipinski definition) is 1. The molecule has 8 aromatic rings. The molecule has 0 radical (unpaired) electrons. The lowest BCUT2D eigenvalue weighted by atomic mass is 9.91. The van der Waals surface area contributed by atoms with E-state index in [2.05, 4.69) is 127 Å². The van der Waals surface area contributed by atoms with Gasteiger partial charge in [0.2, 0.25) is 0 Å².